The van der Waals surface area contributed by atoms with E-state index in [2.05, 4.69) is 42.8 Å². The van der Waals surface area contributed by atoms with E-state index in [1.54, 1.807) is 0 Å². The molecule has 2 aromatic rings. The van der Waals surface area contributed by atoms with Crippen LogP contribution < -0.4 is 10.5 Å². The number of ether oxygens (including phenoxy) is 1. The van der Waals surface area contributed by atoms with Crippen molar-refractivity contribution in [3.05, 3.63) is 57.1 Å². The lowest BCUT2D eigenvalue weighted by Gasteiger charge is -2.13. The van der Waals surface area contributed by atoms with Crippen molar-refractivity contribution in [2.24, 2.45) is 5.73 Å². The van der Waals surface area contributed by atoms with Crippen molar-refractivity contribution in [3.63, 3.8) is 0 Å². The summed E-state index contributed by atoms with van der Waals surface area (Å²) in [5.41, 5.74) is 10.00. The van der Waals surface area contributed by atoms with Crippen LogP contribution in [0.3, 0.4) is 0 Å². The van der Waals surface area contributed by atoms with Gasteiger partial charge in [0.25, 0.3) is 0 Å². The van der Waals surface area contributed by atoms with E-state index in [1.807, 2.05) is 24.3 Å². The predicted octanol–water partition coefficient (Wildman–Crippen LogP) is 4.80. The van der Waals surface area contributed by atoms with Crippen LogP contribution in [0.4, 0.5) is 0 Å². The van der Waals surface area contributed by atoms with Crippen molar-refractivity contribution < 1.29 is 4.74 Å². The first kappa shape index (κ1) is 15.0. The molecule has 20 heavy (non-hydrogen) atoms. The molecule has 0 amide bonds. The highest BCUT2D eigenvalue weighted by Gasteiger charge is 2.08. The Bertz CT molecular complexity index is 682. The molecule has 0 aliphatic carbocycles. The van der Waals surface area contributed by atoms with Crippen molar-refractivity contribution in [1.82, 2.24) is 0 Å². The van der Waals surface area contributed by atoms with Crippen LogP contribution >= 0.6 is 28.1 Å². The van der Waals surface area contributed by atoms with Crippen LogP contribution in [0.1, 0.15) is 22.3 Å². The monoisotopic (exact) mass is 349 g/mol. The van der Waals surface area contributed by atoms with Gasteiger partial charge in [0.05, 0.1) is 0 Å². The van der Waals surface area contributed by atoms with Gasteiger partial charge < -0.3 is 10.5 Å². The van der Waals surface area contributed by atoms with E-state index in [0.29, 0.717) is 4.99 Å². The van der Waals surface area contributed by atoms with Crippen molar-refractivity contribution in [2.45, 2.75) is 20.8 Å². The third kappa shape index (κ3) is 3.19. The third-order valence-corrected chi connectivity index (χ3v) is 4.07. The van der Waals surface area contributed by atoms with E-state index in [1.165, 1.54) is 11.1 Å². The van der Waals surface area contributed by atoms with Crippen LogP contribution in [0.2, 0.25) is 0 Å². The highest BCUT2D eigenvalue weighted by Crippen LogP contribution is 2.31. The lowest BCUT2D eigenvalue weighted by atomic mass is 10.1. The summed E-state index contributed by atoms with van der Waals surface area (Å²) in [7, 11) is 0. The van der Waals surface area contributed by atoms with Gasteiger partial charge in [-0.1, -0.05) is 18.3 Å². The largest absolute Gasteiger partial charge is 0.457 e. The summed E-state index contributed by atoms with van der Waals surface area (Å²) in [6, 6.07) is 9.80. The van der Waals surface area contributed by atoms with E-state index >= 15 is 0 Å². The Morgan fingerprint density at radius 1 is 1.15 bits per heavy atom. The minimum Gasteiger partial charge on any atom is -0.457 e. The van der Waals surface area contributed by atoms with Crippen LogP contribution in [0, 0.1) is 20.8 Å². The number of halogens is 1. The SMILES string of the molecule is Cc1cc(C)c(C)c(Oc2ccc(C(N)=S)c(Br)c2)c1. The van der Waals surface area contributed by atoms with Gasteiger partial charge in [-0.3, -0.25) is 0 Å². The maximum Gasteiger partial charge on any atom is 0.130 e. The Morgan fingerprint density at radius 3 is 2.45 bits per heavy atom. The molecular weight excluding hydrogens is 334 g/mol. The summed E-state index contributed by atoms with van der Waals surface area (Å²) in [5, 5.41) is 0. The molecule has 104 valence electrons. The smallest absolute Gasteiger partial charge is 0.130 e. The second-order valence-electron chi connectivity index (χ2n) is 4.81. The molecular formula is C16H16BrNOS. The fourth-order valence-corrected chi connectivity index (χ4v) is 2.87. The van der Waals surface area contributed by atoms with E-state index in [9.17, 15) is 0 Å². The maximum atomic E-state index is 5.97. The van der Waals surface area contributed by atoms with Crippen molar-refractivity contribution in [2.75, 3.05) is 0 Å². The van der Waals surface area contributed by atoms with Gasteiger partial charge in [-0.2, -0.15) is 0 Å². The summed E-state index contributed by atoms with van der Waals surface area (Å²) in [6.45, 7) is 6.20. The normalized spacial score (nSPS) is 10.4. The molecule has 2 aromatic carbocycles. The lowest BCUT2D eigenvalue weighted by Crippen LogP contribution is -2.09. The first-order valence-electron chi connectivity index (χ1n) is 6.23. The van der Waals surface area contributed by atoms with Gasteiger partial charge in [0, 0.05) is 10.0 Å². The molecule has 0 saturated carbocycles. The summed E-state index contributed by atoms with van der Waals surface area (Å²) in [4.78, 5) is 0.367. The average Bonchev–Trinajstić information content (AvgIpc) is 2.35. The quantitative estimate of drug-likeness (QED) is 0.808. The van der Waals surface area contributed by atoms with Crippen molar-refractivity contribution >= 4 is 33.1 Å². The topological polar surface area (TPSA) is 35.2 Å². The standard InChI is InChI=1S/C16H16BrNOS/c1-9-6-10(2)11(3)15(7-9)19-12-4-5-13(16(18)20)14(17)8-12/h4-8H,1-3H3,(H2,18,20). The van der Waals surface area contributed by atoms with Crippen LogP contribution in [0.5, 0.6) is 11.5 Å². The van der Waals surface area contributed by atoms with Gasteiger partial charge in [-0.15, -0.1) is 0 Å². The fraction of sp³-hybridized carbons (Fsp3) is 0.188. The van der Waals surface area contributed by atoms with Gasteiger partial charge >= 0.3 is 0 Å². The molecule has 0 saturated heterocycles. The molecule has 4 heteroatoms. The molecule has 2 rings (SSSR count). The summed E-state index contributed by atoms with van der Waals surface area (Å²) in [5.74, 6) is 1.63. The molecule has 0 aliphatic rings. The van der Waals surface area contributed by atoms with Gasteiger partial charge in [-0.05, 0) is 77.7 Å². The van der Waals surface area contributed by atoms with Gasteiger partial charge in [-0.25, -0.2) is 0 Å². The zero-order chi connectivity index (χ0) is 14.9. The van der Waals surface area contributed by atoms with Gasteiger partial charge in [0.2, 0.25) is 0 Å². The number of nitrogens with two attached hydrogens (primary N) is 1. The Kier molecular flexibility index (Phi) is 4.45. The lowest BCUT2D eigenvalue weighted by molar-refractivity contribution is 0.477. The Hall–Kier alpha value is -1.39. The number of aryl methyl sites for hydroxylation is 2. The molecule has 0 aromatic heterocycles. The Labute approximate surface area is 133 Å². The predicted molar refractivity (Wildman–Crippen MR) is 90.8 cm³/mol. The van der Waals surface area contributed by atoms with Gasteiger partial charge in [0.15, 0.2) is 0 Å². The van der Waals surface area contributed by atoms with E-state index in [0.717, 1.165) is 27.1 Å². The molecule has 0 aliphatic heterocycles. The number of hydrogen-bond acceptors (Lipinski definition) is 2. The molecule has 0 heterocycles. The van der Waals surface area contributed by atoms with E-state index in [4.69, 9.17) is 22.7 Å². The van der Waals surface area contributed by atoms with Crippen LogP contribution in [0.15, 0.2) is 34.8 Å². The zero-order valence-electron chi connectivity index (χ0n) is 11.7. The molecule has 0 unspecified atom stereocenters. The zero-order valence-corrected chi connectivity index (χ0v) is 14.1. The summed E-state index contributed by atoms with van der Waals surface area (Å²) in [6.07, 6.45) is 0. The molecule has 0 fully saturated rings. The average molecular weight is 350 g/mol. The first-order valence-corrected chi connectivity index (χ1v) is 7.43. The number of hydrogen-bond donors (Lipinski definition) is 1. The molecule has 2 nitrogen and oxygen atoms in total. The highest BCUT2D eigenvalue weighted by molar-refractivity contribution is 9.10. The number of thiocarbonyl (C=S) groups is 1. The maximum absolute atomic E-state index is 5.97. The molecule has 0 radical (unpaired) electrons. The summed E-state index contributed by atoms with van der Waals surface area (Å²) < 4.78 is 6.81. The van der Waals surface area contributed by atoms with Crippen LogP contribution in [0.25, 0.3) is 0 Å². The van der Waals surface area contributed by atoms with E-state index in [-0.39, 0.29) is 0 Å². The Balaban J connectivity index is 2.36. The number of benzene rings is 2. The molecule has 0 atom stereocenters. The van der Waals surface area contributed by atoms with Crippen molar-refractivity contribution in [3.8, 4) is 11.5 Å². The minimum atomic E-state index is 0.367. The van der Waals surface area contributed by atoms with Crippen LogP contribution in [-0.2, 0) is 0 Å². The summed E-state index contributed by atoms with van der Waals surface area (Å²) >= 11 is 8.45. The molecule has 0 spiro atoms. The molecule has 0 bridgehead atoms. The molecule has 2 N–H and O–H groups in total. The van der Waals surface area contributed by atoms with Crippen LogP contribution in [-0.4, -0.2) is 4.99 Å². The second-order valence-corrected chi connectivity index (χ2v) is 6.11. The van der Waals surface area contributed by atoms with Crippen molar-refractivity contribution in [1.29, 1.82) is 0 Å². The van der Waals surface area contributed by atoms with Gasteiger partial charge in [0.1, 0.15) is 16.5 Å². The Morgan fingerprint density at radius 2 is 1.85 bits per heavy atom. The first-order chi connectivity index (χ1) is 9.38. The second kappa shape index (κ2) is 5.94. The minimum absolute atomic E-state index is 0.367. The highest BCUT2D eigenvalue weighted by atomic mass is 79.9. The fourth-order valence-electron chi connectivity index (χ4n) is 1.99. The van der Waals surface area contributed by atoms with E-state index < -0.39 is 0 Å². The number of rotatable bonds is 3. The third-order valence-electron chi connectivity index (χ3n) is 3.20.